The largest absolute Gasteiger partial charge is 0.422 e. The van der Waals surface area contributed by atoms with Crippen LogP contribution in [0.15, 0.2) is 58.0 Å². The van der Waals surface area contributed by atoms with Gasteiger partial charge >= 0.3 is 5.97 Å². The third-order valence-electron chi connectivity index (χ3n) is 4.88. The van der Waals surface area contributed by atoms with Crippen molar-refractivity contribution in [1.82, 2.24) is 8.87 Å². The first-order chi connectivity index (χ1) is 13.3. The molecular formula is C20H19BrN2O4S. The Morgan fingerprint density at radius 1 is 1.04 bits per heavy atom. The van der Waals surface area contributed by atoms with Crippen molar-refractivity contribution in [3.8, 4) is 5.75 Å². The highest BCUT2D eigenvalue weighted by Crippen LogP contribution is 2.26. The Morgan fingerprint density at radius 2 is 1.71 bits per heavy atom. The lowest BCUT2D eigenvalue weighted by Crippen LogP contribution is -2.27. The van der Waals surface area contributed by atoms with E-state index in [4.69, 9.17) is 4.74 Å². The van der Waals surface area contributed by atoms with Crippen LogP contribution in [0.5, 0.6) is 5.75 Å². The third kappa shape index (κ3) is 3.59. The molecule has 1 aliphatic heterocycles. The normalized spacial score (nSPS) is 15.2. The molecule has 1 aromatic heterocycles. The minimum atomic E-state index is -3.58. The molecule has 28 heavy (non-hydrogen) atoms. The van der Waals surface area contributed by atoms with Crippen LogP contribution >= 0.6 is 15.9 Å². The van der Waals surface area contributed by atoms with Gasteiger partial charge in [-0.25, -0.2) is 13.2 Å². The number of halogens is 1. The molecule has 1 aliphatic rings. The van der Waals surface area contributed by atoms with Crippen molar-refractivity contribution in [2.75, 3.05) is 13.1 Å². The highest BCUT2D eigenvalue weighted by Gasteiger charge is 2.29. The molecule has 0 amide bonds. The molecule has 0 unspecified atom stereocenters. The number of nitrogens with zero attached hydrogens (tertiary/aromatic N) is 2. The van der Waals surface area contributed by atoms with E-state index in [1.165, 1.54) is 21.1 Å². The molecule has 1 saturated heterocycles. The van der Waals surface area contributed by atoms with Crippen LogP contribution < -0.4 is 4.74 Å². The number of hydrogen-bond donors (Lipinski definition) is 0. The third-order valence-corrected chi connectivity index (χ3v) is 7.23. The lowest BCUT2D eigenvalue weighted by atomic mass is 10.1. The number of fused-ring (bicyclic) bond motifs is 1. The summed E-state index contributed by atoms with van der Waals surface area (Å²) in [4.78, 5) is 12.7. The Balaban J connectivity index is 1.58. The van der Waals surface area contributed by atoms with Gasteiger partial charge in [0.05, 0.1) is 0 Å². The van der Waals surface area contributed by atoms with Gasteiger partial charge in [0.15, 0.2) is 0 Å². The van der Waals surface area contributed by atoms with Crippen LogP contribution in [0, 0.1) is 0 Å². The van der Waals surface area contributed by atoms with Crippen molar-refractivity contribution in [3.05, 3.63) is 58.8 Å². The first kappa shape index (κ1) is 19.2. The summed E-state index contributed by atoms with van der Waals surface area (Å²) in [5.41, 5.74) is 0.189. The SMILES string of the molecule is Cn1cc(S(=O)(=O)N2CCCC2)cc1C(=O)Oc1ccc2cc(Br)ccc2c1. The van der Waals surface area contributed by atoms with Crippen molar-refractivity contribution in [2.24, 2.45) is 7.05 Å². The summed E-state index contributed by atoms with van der Waals surface area (Å²) in [6, 6.07) is 12.6. The van der Waals surface area contributed by atoms with Gasteiger partial charge in [-0.05, 0) is 53.9 Å². The predicted octanol–water partition coefficient (Wildman–Crippen LogP) is 3.94. The number of ether oxygens (including phenoxy) is 1. The summed E-state index contributed by atoms with van der Waals surface area (Å²) in [5.74, 6) is -0.188. The number of aromatic nitrogens is 1. The number of benzene rings is 2. The summed E-state index contributed by atoms with van der Waals surface area (Å²) in [7, 11) is -1.94. The minimum absolute atomic E-state index is 0.118. The number of hydrogen-bond acceptors (Lipinski definition) is 4. The molecule has 0 spiro atoms. The second-order valence-corrected chi connectivity index (χ2v) is 9.68. The molecule has 0 atom stereocenters. The number of rotatable bonds is 4. The van der Waals surface area contributed by atoms with Crippen LogP contribution in [-0.4, -0.2) is 36.3 Å². The van der Waals surface area contributed by atoms with Gasteiger partial charge in [-0.2, -0.15) is 4.31 Å². The number of sulfonamides is 1. The van der Waals surface area contributed by atoms with Crippen LogP contribution in [0.3, 0.4) is 0 Å². The minimum Gasteiger partial charge on any atom is -0.422 e. The zero-order chi connectivity index (χ0) is 19.9. The number of carbonyl (C=O) groups excluding carboxylic acids is 1. The van der Waals surface area contributed by atoms with Crippen molar-refractivity contribution in [2.45, 2.75) is 17.7 Å². The van der Waals surface area contributed by atoms with E-state index in [1.54, 1.807) is 19.2 Å². The first-order valence-electron chi connectivity index (χ1n) is 8.92. The van der Waals surface area contributed by atoms with Gasteiger partial charge in [0.1, 0.15) is 16.3 Å². The molecule has 4 rings (SSSR count). The highest BCUT2D eigenvalue weighted by atomic mass is 79.9. The van der Waals surface area contributed by atoms with Gasteiger partial charge in [0.2, 0.25) is 10.0 Å². The maximum atomic E-state index is 12.7. The average molecular weight is 463 g/mol. The number of carbonyl (C=O) groups is 1. The topological polar surface area (TPSA) is 68.6 Å². The maximum Gasteiger partial charge on any atom is 0.360 e. The first-order valence-corrected chi connectivity index (χ1v) is 11.2. The van der Waals surface area contributed by atoms with Gasteiger partial charge in [-0.3, -0.25) is 0 Å². The van der Waals surface area contributed by atoms with Crippen LogP contribution in [0.25, 0.3) is 10.8 Å². The Labute approximate surface area is 171 Å². The summed E-state index contributed by atoms with van der Waals surface area (Å²) < 4.78 is 34.8. The second-order valence-electron chi connectivity index (χ2n) is 6.83. The molecule has 0 bridgehead atoms. The Kier molecular flexibility index (Phi) is 5.03. The van der Waals surface area contributed by atoms with E-state index in [0.717, 1.165) is 28.1 Å². The smallest absolute Gasteiger partial charge is 0.360 e. The highest BCUT2D eigenvalue weighted by molar-refractivity contribution is 9.10. The number of esters is 1. The second kappa shape index (κ2) is 7.35. The van der Waals surface area contributed by atoms with Crippen LogP contribution in [0.2, 0.25) is 0 Å². The lowest BCUT2D eigenvalue weighted by molar-refractivity contribution is 0.0725. The van der Waals surface area contributed by atoms with E-state index in [1.807, 2.05) is 24.3 Å². The Hall–Kier alpha value is -2.16. The molecular weight excluding hydrogens is 444 g/mol. The fraction of sp³-hybridized carbons (Fsp3) is 0.250. The summed E-state index contributed by atoms with van der Waals surface area (Å²) in [5, 5.41) is 1.96. The zero-order valence-electron chi connectivity index (χ0n) is 15.3. The number of aryl methyl sites for hydroxylation is 1. The van der Waals surface area contributed by atoms with E-state index >= 15 is 0 Å². The van der Waals surface area contributed by atoms with Gasteiger partial charge < -0.3 is 9.30 Å². The molecule has 2 aromatic carbocycles. The van der Waals surface area contributed by atoms with E-state index in [-0.39, 0.29) is 10.6 Å². The average Bonchev–Trinajstić information content (AvgIpc) is 3.32. The molecule has 2 heterocycles. The Bertz CT molecular complexity index is 1160. The predicted molar refractivity (Wildman–Crippen MR) is 110 cm³/mol. The molecule has 0 N–H and O–H groups in total. The van der Waals surface area contributed by atoms with Crippen LogP contribution in [0.1, 0.15) is 23.3 Å². The van der Waals surface area contributed by atoms with E-state index in [2.05, 4.69) is 15.9 Å². The van der Waals surface area contributed by atoms with Crippen LogP contribution in [-0.2, 0) is 17.1 Å². The zero-order valence-corrected chi connectivity index (χ0v) is 17.7. The van der Waals surface area contributed by atoms with E-state index in [0.29, 0.717) is 18.8 Å². The van der Waals surface area contributed by atoms with E-state index < -0.39 is 16.0 Å². The lowest BCUT2D eigenvalue weighted by Gasteiger charge is -2.13. The van der Waals surface area contributed by atoms with Gasteiger partial charge in [-0.15, -0.1) is 0 Å². The Morgan fingerprint density at radius 3 is 2.46 bits per heavy atom. The van der Waals surface area contributed by atoms with Crippen molar-refractivity contribution >= 4 is 42.7 Å². The monoisotopic (exact) mass is 462 g/mol. The molecule has 0 saturated carbocycles. The quantitative estimate of drug-likeness (QED) is 0.434. The van der Waals surface area contributed by atoms with Crippen molar-refractivity contribution in [1.29, 1.82) is 0 Å². The standard InChI is InChI=1S/C20H19BrN2O4S/c1-22-13-18(28(25,26)23-8-2-3-9-23)12-19(22)20(24)27-17-7-5-14-10-16(21)6-4-15(14)11-17/h4-7,10-13H,2-3,8-9H2,1H3. The summed E-state index contributed by atoms with van der Waals surface area (Å²) in [6.45, 7) is 1.04. The molecule has 1 fully saturated rings. The van der Waals surface area contributed by atoms with Gasteiger partial charge in [0, 0.05) is 30.8 Å². The fourth-order valence-electron chi connectivity index (χ4n) is 3.37. The molecule has 6 nitrogen and oxygen atoms in total. The van der Waals surface area contributed by atoms with Crippen LogP contribution in [0.4, 0.5) is 0 Å². The summed E-state index contributed by atoms with van der Waals surface area (Å²) >= 11 is 3.43. The maximum absolute atomic E-state index is 12.7. The van der Waals surface area contributed by atoms with Gasteiger partial charge in [-0.1, -0.05) is 28.1 Å². The van der Waals surface area contributed by atoms with Crippen molar-refractivity contribution in [3.63, 3.8) is 0 Å². The van der Waals surface area contributed by atoms with E-state index in [9.17, 15) is 13.2 Å². The van der Waals surface area contributed by atoms with Crippen molar-refractivity contribution < 1.29 is 17.9 Å². The molecule has 146 valence electrons. The molecule has 8 heteroatoms. The van der Waals surface area contributed by atoms with Gasteiger partial charge in [0.25, 0.3) is 0 Å². The fourth-order valence-corrected chi connectivity index (χ4v) is 5.34. The molecule has 3 aromatic rings. The molecule has 0 radical (unpaired) electrons. The molecule has 0 aliphatic carbocycles. The summed E-state index contributed by atoms with van der Waals surface area (Å²) in [6.07, 6.45) is 3.18.